The molecule has 0 saturated heterocycles. The van der Waals surface area contributed by atoms with E-state index in [0.29, 0.717) is 12.8 Å². The van der Waals surface area contributed by atoms with Crippen LogP contribution in [0.4, 0.5) is 4.79 Å². The van der Waals surface area contributed by atoms with Crippen LogP contribution in [0, 0.1) is 5.92 Å². The number of hydrogen-bond donors (Lipinski definition) is 5. The number of carbonyl (C=O) groups excluding carboxylic acids is 4. The smallest absolute Gasteiger partial charge is 0.407 e. The minimum atomic E-state index is -1.11. The van der Waals surface area contributed by atoms with Crippen molar-refractivity contribution in [1.82, 2.24) is 21.3 Å². The number of carbonyl (C=O) groups is 4. The molecule has 0 bridgehead atoms. The van der Waals surface area contributed by atoms with Crippen LogP contribution in [-0.4, -0.2) is 78.5 Å². The first kappa shape index (κ1) is 40.7. The molecule has 0 saturated carbocycles. The Labute approximate surface area is 301 Å². The third-order valence-corrected chi connectivity index (χ3v) is 8.52. The molecule has 3 aromatic rings. The quantitative estimate of drug-likeness (QED) is 0.124. The van der Waals surface area contributed by atoms with E-state index < -0.39 is 59.7 Å². The van der Waals surface area contributed by atoms with Crippen molar-refractivity contribution in [1.29, 1.82) is 0 Å². The van der Waals surface area contributed by atoms with Crippen molar-refractivity contribution in [2.45, 2.75) is 96.2 Å². The molecule has 0 aliphatic rings. The highest BCUT2D eigenvalue weighted by molar-refractivity contribution is 5.92. The summed E-state index contributed by atoms with van der Waals surface area (Å²) in [6, 6.07) is 24.6. The molecule has 3 amide bonds. The Morgan fingerprint density at radius 1 is 0.706 bits per heavy atom. The molecule has 0 aromatic heterocycles. The minimum Gasteiger partial charge on any atom is -0.467 e. The van der Waals surface area contributed by atoms with Gasteiger partial charge < -0.3 is 35.8 Å². The largest absolute Gasteiger partial charge is 0.467 e. The molecule has 3 aromatic carbocycles. The summed E-state index contributed by atoms with van der Waals surface area (Å²) in [5, 5.41) is 23.2. The van der Waals surface area contributed by atoms with Crippen molar-refractivity contribution in [3.8, 4) is 0 Å². The Bertz CT molecular complexity index is 1520. The molecule has 6 unspecified atom stereocenters. The fraction of sp³-hybridized carbons (Fsp3) is 0.450. The van der Waals surface area contributed by atoms with Gasteiger partial charge in [0.25, 0.3) is 0 Å². The monoisotopic (exact) mass is 702 g/mol. The lowest BCUT2D eigenvalue weighted by Crippen LogP contribution is -2.59. The molecule has 0 aliphatic heterocycles. The maximum absolute atomic E-state index is 14.0. The summed E-state index contributed by atoms with van der Waals surface area (Å²) in [7, 11) is 1.27. The molecule has 0 radical (unpaired) electrons. The van der Waals surface area contributed by atoms with Crippen LogP contribution >= 0.6 is 0 Å². The van der Waals surface area contributed by atoms with Gasteiger partial charge in [-0.15, -0.1) is 0 Å². The summed E-state index contributed by atoms with van der Waals surface area (Å²) in [6.07, 6.45) is -0.405. The van der Waals surface area contributed by atoms with Gasteiger partial charge in [0.05, 0.1) is 25.3 Å². The maximum Gasteiger partial charge on any atom is 0.407 e. The number of ether oxygens (including phenoxy) is 2. The zero-order valence-electron chi connectivity index (χ0n) is 30.6. The first-order chi connectivity index (χ1) is 24.3. The van der Waals surface area contributed by atoms with Gasteiger partial charge in [-0.1, -0.05) is 111 Å². The van der Waals surface area contributed by atoms with Crippen LogP contribution in [0.3, 0.4) is 0 Å². The van der Waals surface area contributed by atoms with Gasteiger partial charge in [0.2, 0.25) is 11.8 Å². The van der Waals surface area contributed by atoms with E-state index in [0.717, 1.165) is 16.7 Å². The molecule has 5 N–H and O–H groups in total. The summed E-state index contributed by atoms with van der Waals surface area (Å²) in [5.74, 6) is -1.83. The third-order valence-electron chi connectivity index (χ3n) is 8.52. The predicted octanol–water partition coefficient (Wildman–Crippen LogP) is 4.12. The van der Waals surface area contributed by atoms with Crippen LogP contribution < -0.4 is 21.3 Å². The Morgan fingerprint density at radius 3 is 1.67 bits per heavy atom. The minimum absolute atomic E-state index is 0.0557. The van der Waals surface area contributed by atoms with Crippen molar-refractivity contribution in [3.63, 3.8) is 0 Å². The van der Waals surface area contributed by atoms with E-state index in [4.69, 9.17) is 9.47 Å². The highest BCUT2D eigenvalue weighted by Gasteiger charge is 2.33. The second-order valence-corrected chi connectivity index (χ2v) is 13.8. The molecule has 0 spiro atoms. The van der Waals surface area contributed by atoms with Gasteiger partial charge in [0.1, 0.15) is 17.7 Å². The van der Waals surface area contributed by atoms with Gasteiger partial charge in [-0.05, 0) is 56.2 Å². The van der Waals surface area contributed by atoms with Gasteiger partial charge in [-0.2, -0.15) is 0 Å². The second-order valence-electron chi connectivity index (χ2n) is 13.8. The fourth-order valence-corrected chi connectivity index (χ4v) is 5.53. The number of aliphatic hydroxyl groups excluding tert-OH is 1. The van der Waals surface area contributed by atoms with Crippen LogP contribution in [0.5, 0.6) is 0 Å². The van der Waals surface area contributed by atoms with Gasteiger partial charge in [-0.25, -0.2) is 9.59 Å². The number of esters is 1. The highest BCUT2D eigenvalue weighted by atomic mass is 16.6. The second kappa shape index (κ2) is 20.2. The van der Waals surface area contributed by atoms with Crippen molar-refractivity contribution in [2.75, 3.05) is 13.7 Å². The van der Waals surface area contributed by atoms with E-state index in [-0.39, 0.29) is 25.3 Å². The number of rotatable bonds is 18. The zero-order chi connectivity index (χ0) is 37.4. The first-order valence-electron chi connectivity index (χ1n) is 17.5. The average Bonchev–Trinajstić information content (AvgIpc) is 3.11. The fourth-order valence-electron chi connectivity index (χ4n) is 5.53. The number of benzene rings is 3. The number of hydrogen-bond acceptors (Lipinski definition) is 8. The van der Waals surface area contributed by atoms with Gasteiger partial charge in [-0.3, -0.25) is 9.59 Å². The van der Waals surface area contributed by atoms with Crippen molar-refractivity contribution in [2.24, 2.45) is 5.92 Å². The summed E-state index contributed by atoms with van der Waals surface area (Å²) in [5.41, 5.74) is 1.87. The van der Waals surface area contributed by atoms with E-state index in [2.05, 4.69) is 21.3 Å². The van der Waals surface area contributed by atoms with E-state index in [9.17, 15) is 24.3 Å². The molecule has 51 heavy (non-hydrogen) atoms. The highest BCUT2D eigenvalue weighted by Crippen LogP contribution is 2.14. The predicted molar refractivity (Wildman–Crippen MR) is 197 cm³/mol. The van der Waals surface area contributed by atoms with E-state index >= 15 is 0 Å². The molecule has 11 nitrogen and oxygen atoms in total. The Kier molecular flexibility index (Phi) is 16.1. The van der Waals surface area contributed by atoms with Crippen molar-refractivity contribution < 1.29 is 33.8 Å². The summed E-state index contributed by atoms with van der Waals surface area (Å²) in [6.45, 7) is 8.99. The van der Waals surface area contributed by atoms with Gasteiger partial charge >= 0.3 is 12.1 Å². The lowest BCUT2D eigenvalue weighted by atomic mass is 9.96. The van der Waals surface area contributed by atoms with E-state index in [1.807, 2.05) is 105 Å². The van der Waals surface area contributed by atoms with E-state index in [1.54, 1.807) is 20.8 Å². The molecular weight excluding hydrogens is 648 g/mol. The standard InChI is InChI=1S/C40H54N4O7/c1-7-27(2)35(37(47)42-33(38(48)50-6)25-30-21-15-10-16-22-30)44-36(46)32(24-29-19-13-9-14-20-29)41-26-34(45)31(23-28-17-11-8-12-18-28)43-39(49)51-40(3,4)5/h8-22,27,31-35,41,45H,7,23-26H2,1-6H3,(H,42,47)(H,43,49)(H,44,46). The molecule has 3 rings (SSSR count). The maximum atomic E-state index is 14.0. The molecule has 0 aliphatic carbocycles. The molecule has 276 valence electrons. The van der Waals surface area contributed by atoms with Crippen LogP contribution in [0.15, 0.2) is 91.0 Å². The average molecular weight is 703 g/mol. The summed E-state index contributed by atoms with van der Waals surface area (Å²) >= 11 is 0. The van der Waals surface area contributed by atoms with Gasteiger partial charge in [0, 0.05) is 13.0 Å². The number of methoxy groups -OCH3 is 1. The molecule has 0 heterocycles. The van der Waals surface area contributed by atoms with Crippen LogP contribution in [0.25, 0.3) is 0 Å². The van der Waals surface area contributed by atoms with Gasteiger partial charge in [0.15, 0.2) is 0 Å². The molecule has 11 heteroatoms. The van der Waals surface area contributed by atoms with E-state index in [1.165, 1.54) is 7.11 Å². The lowest BCUT2D eigenvalue weighted by Gasteiger charge is -2.30. The number of alkyl carbamates (subject to hydrolysis) is 1. The van der Waals surface area contributed by atoms with Crippen LogP contribution in [0.1, 0.15) is 57.7 Å². The van der Waals surface area contributed by atoms with Crippen molar-refractivity contribution >= 4 is 23.9 Å². The van der Waals surface area contributed by atoms with Crippen LogP contribution in [-0.2, 0) is 43.1 Å². The van der Waals surface area contributed by atoms with Crippen molar-refractivity contribution in [3.05, 3.63) is 108 Å². The number of aliphatic hydroxyl groups is 1. The Morgan fingerprint density at radius 2 is 1.20 bits per heavy atom. The topological polar surface area (TPSA) is 155 Å². The number of amides is 3. The number of nitrogens with one attached hydrogen (secondary N) is 4. The lowest BCUT2D eigenvalue weighted by molar-refractivity contribution is -0.145. The zero-order valence-corrected chi connectivity index (χ0v) is 30.6. The third kappa shape index (κ3) is 14.2. The molecule has 0 fully saturated rings. The van der Waals surface area contributed by atoms with Crippen LogP contribution in [0.2, 0.25) is 0 Å². The SMILES string of the molecule is CCC(C)C(NC(=O)C(Cc1ccccc1)NCC(O)C(Cc1ccccc1)NC(=O)OC(C)(C)C)C(=O)NC(Cc1ccccc1)C(=O)OC. The summed E-state index contributed by atoms with van der Waals surface area (Å²) < 4.78 is 10.5. The molecule has 6 atom stereocenters. The normalized spacial score (nSPS) is 14.9. The Balaban J connectivity index is 1.81. The molecular formula is C40H54N4O7. The first-order valence-corrected chi connectivity index (χ1v) is 17.5. The summed E-state index contributed by atoms with van der Waals surface area (Å²) in [4.78, 5) is 53.3. The Hall–Kier alpha value is -4.74.